The van der Waals surface area contributed by atoms with E-state index < -0.39 is 40.6 Å². The molecule has 2 N–H and O–H groups in total. The van der Waals surface area contributed by atoms with Crippen LogP contribution < -0.4 is 15.4 Å². The minimum Gasteiger partial charge on any atom is -0.477 e. The van der Waals surface area contributed by atoms with E-state index in [4.69, 9.17) is 0 Å². The number of nitrogens with one attached hydrogen (secondary N) is 1. The predicted octanol–water partition coefficient (Wildman–Crippen LogP) is 4.35. The fraction of sp³-hybridized carbons (Fsp3) is 0.273. The van der Waals surface area contributed by atoms with E-state index in [-0.39, 0.29) is 5.56 Å². The number of hydrogen-bond acceptors (Lipinski definition) is 6. The summed E-state index contributed by atoms with van der Waals surface area (Å²) in [6.45, 7) is 1.94. The summed E-state index contributed by atoms with van der Waals surface area (Å²) in [5.41, 5.74) is 5.44. The van der Waals surface area contributed by atoms with Crippen LogP contribution in [0.15, 0.2) is 71.5 Å². The maximum Gasteiger partial charge on any atom is 0.354 e. The molecule has 0 atom stereocenters. The topological polar surface area (TPSA) is 116 Å². The number of aromatic nitrogens is 2. The molecule has 0 bridgehead atoms. The third kappa shape index (κ3) is 3.99. The highest BCUT2D eigenvalue weighted by Crippen LogP contribution is 2.44. The molecule has 9 nitrogen and oxygen atoms in total. The lowest BCUT2D eigenvalue weighted by Gasteiger charge is -2.35. The first-order chi connectivity index (χ1) is 20.3. The molecule has 1 fully saturated rings. The second kappa shape index (κ2) is 9.87. The Hall–Kier alpha value is -4.92. The number of fused-ring (bicyclic) bond motifs is 2. The molecule has 0 unspecified atom stereocenters. The maximum absolute atomic E-state index is 13.5. The monoisotopic (exact) mass is 562 g/mol. The van der Waals surface area contributed by atoms with Crippen molar-refractivity contribution in [3.05, 3.63) is 105 Å². The van der Waals surface area contributed by atoms with Crippen molar-refractivity contribution in [3.63, 3.8) is 0 Å². The van der Waals surface area contributed by atoms with Crippen LogP contribution in [0.5, 0.6) is 0 Å². The van der Waals surface area contributed by atoms with Gasteiger partial charge in [0.1, 0.15) is 11.8 Å². The van der Waals surface area contributed by atoms with Crippen LogP contribution >= 0.6 is 0 Å². The van der Waals surface area contributed by atoms with E-state index >= 15 is 0 Å². The summed E-state index contributed by atoms with van der Waals surface area (Å²) in [5.74, 6) is -4.73. The molecule has 3 aliphatic rings. The van der Waals surface area contributed by atoms with E-state index in [0.29, 0.717) is 11.3 Å². The normalized spacial score (nSPS) is 19.7. The van der Waals surface area contributed by atoms with Crippen LogP contribution in [0.1, 0.15) is 57.4 Å². The highest BCUT2D eigenvalue weighted by atomic mass is 16.4. The number of carboxylic acids is 1. The summed E-state index contributed by atoms with van der Waals surface area (Å²) in [7, 11) is 2.13. The van der Waals surface area contributed by atoms with Gasteiger partial charge in [-0.05, 0) is 78.8 Å². The Morgan fingerprint density at radius 3 is 2.24 bits per heavy atom. The van der Waals surface area contributed by atoms with E-state index in [0.717, 1.165) is 60.4 Å². The van der Waals surface area contributed by atoms with Gasteiger partial charge in [0.25, 0.3) is 5.56 Å². The Morgan fingerprint density at radius 2 is 1.50 bits per heavy atom. The largest absolute Gasteiger partial charge is 0.477 e. The highest BCUT2D eigenvalue weighted by Gasteiger charge is 2.53. The van der Waals surface area contributed by atoms with Gasteiger partial charge in [0.2, 0.25) is 0 Å². The van der Waals surface area contributed by atoms with Crippen LogP contribution in [0.3, 0.4) is 0 Å². The van der Waals surface area contributed by atoms with Gasteiger partial charge in [-0.1, -0.05) is 30.3 Å². The molecular weight excluding hydrogens is 532 g/mol. The summed E-state index contributed by atoms with van der Waals surface area (Å²) in [6.07, 6.45) is 3.96. The van der Waals surface area contributed by atoms with Crippen LogP contribution in [-0.4, -0.2) is 52.6 Å². The number of aromatic carboxylic acids is 1. The third-order valence-corrected chi connectivity index (χ3v) is 8.86. The SMILES string of the molecule is CN1CCCc2cc(N3CCCc4cc(C5C(=O)C(c6c(C(=O)O)[nH]n(-c7ccccc7)c6=O)C5=O)ccc43)ccc21. The van der Waals surface area contributed by atoms with Gasteiger partial charge in [-0.25, -0.2) is 9.48 Å². The first-order valence-electron chi connectivity index (χ1n) is 14.3. The molecule has 0 spiro atoms. The number of carbonyl (C=O) groups excluding carboxylic acids is 2. The van der Waals surface area contributed by atoms with Crippen molar-refractivity contribution in [2.75, 3.05) is 29.9 Å². The Labute approximate surface area is 242 Å². The highest BCUT2D eigenvalue weighted by molar-refractivity contribution is 6.31. The van der Waals surface area contributed by atoms with E-state index in [1.165, 1.54) is 11.3 Å². The van der Waals surface area contributed by atoms with Crippen molar-refractivity contribution in [2.45, 2.75) is 37.5 Å². The molecule has 1 saturated carbocycles. The zero-order chi connectivity index (χ0) is 29.1. The second-order valence-electron chi connectivity index (χ2n) is 11.3. The van der Waals surface area contributed by atoms with Gasteiger partial charge in [-0.3, -0.25) is 19.5 Å². The number of benzene rings is 3. The molecule has 0 saturated heterocycles. The number of ketones is 2. The lowest BCUT2D eigenvalue weighted by atomic mass is 9.65. The fourth-order valence-corrected chi connectivity index (χ4v) is 6.77. The molecular formula is C33H30N4O5. The fourth-order valence-electron chi connectivity index (χ4n) is 6.77. The van der Waals surface area contributed by atoms with Crippen LogP contribution in [0.25, 0.3) is 5.69 Å². The molecule has 3 aromatic carbocycles. The third-order valence-electron chi connectivity index (χ3n) is 8.86. The lowest BCUT2D eigenvalue weighted by Crippen LogP contribution is -2.47. The molecule has 1 aromatic heterocycles. The summed E-state index contributed by atoms with van der Waals surface area (Å²) < 4.78 is 1.07. The van der Waals surface area contributed by atoms with E-state index in [1.807, 2.05) is 18.2 Å². The second-order valence-corrected chi connectivity index (χ2v) is 11.3. The molecule has 212 valence electrons. The molecule has 42 heavy (non-hydrogen) atoms. The summed E-state index contributed by atoms with van der Waals surface area (Å²) in [4.78, 5) is 56.8. The lowest BCUT2D eigenvalue weighted by molar-refractivity contribution is -0.142. The number of H-pyrrole nitrogens is 1. The number of nitrogens with zero attached hydrogens (tertiary/aromatic N) is 3. The Kier molecular flexibility index (Phi) is 6.11. The van der Waals surface area contributed by atoms with E-state index in [1.54, 1.807) is 30.3 Å². The van der Waals surface area contributed by atoms with Crippen molar-refractivity contribution in [2.24, 2.45) is 0 Å². The average molecular weight is 563 g/mol. The van der Waals surface area contributed by atoms with Crippen LogP contribution in [0.2, 0.25) is 0 Å². The van der Waals surface area contributed by atoms with Crippen LogP contribution in [0, 0.1) is 0 Å². The Bertz CT molecular complexity index is 1810. The van der Waals surface area contributed by atoms with Crippen LogP contribution in [0.4, 0.5) is 17.1 Å². The summed E-state index contributed by atoms with van der Waals surface area (Å²) >= 11 is 0. The van der Waals surface area contributed by atoms with Crippen LogP contribution in [-0.2, 0) is 22.4 Å². The molecule has 1 aliphatic carbocycles. The molecule has 9 heteroatoms. The number of aromatic amines is 1. The van der Waals surface area contributed by atoms with Gasteiger partial charge >= 0.3 is 5.97 Å². The minimum atomic E-state index is -1.41. The van der Waals surface area contributed by atoms with Crippen molar-refractivity contribution >= 4 is 34.6 Å². The minimum absolute atomic E-state index is 0.306. The Morgan fingerprint density at radius 1 is 0.810 bits per heavy atom. The Balaban J connectivity index is 1.19. The zero-order valence-corrected chi connectivity index (χ0v) is 23.2. The first kappa shape index (κ1) is 26.0. The molecule has 0 amide bonds. The number of carbonyl (C=O) groups is 3. The number of anilines is 3. The molecule has 4 aromatic rings. The number of Topliss-reactive ketones (excluding diaryl/α,β-unsaturated/α-hetero) is 2. The molecule has 3 heterocycles. The van der Waals surface area contributed by atoms with Gasteiger partial charge in [0, 0.05) is 37.2 Å². The molecule has 7 rings (SSSR count). The molecule has 0 radical (unpaired) electrons. The standard InChI is InChI=1S/C33H30N4O5/c1-35-15-5-7-20-18-23(12-14-24(20)35)36-16-6-8-19-17-21(11-13-25(19)36)26-30(38)28(31(26)39)27-29(33(41)42)34-37(32(27)40)22-9-3-2-4-10-22/h2-4,9-14,17-18,26,28,34H,5-8,15-16H2,1H3,(H,41,42). The first-order valence-corrected chi connectivity index (χ1v) is 14.3. The van der Waals surface area contributed by atoms with Gasteiger partial charge < -0.3 is 14.9 Å². The number of para-hydroxylation sites is 1. The van der Waals surface area contributed by atoms with Crippen molar-refractivity contribution in [1.29, 1.82) is 0 Å². The van der Waals surface area contributed by atoms with Crippen molar-refractivity contribution < 1.29 is 19.5 Å². The van der Waals surface area contributed by atoms with E-state index in [9.17, 15) is 24.3 Å². The number of rotatable bonds is 5. The van der Waals surface area contributed by atoms with Crippen molar-refractivity contribution in [1.82, 2.24) is 9.78 Å². The van der Waals surface area contributed by atoms with Gasteiger partial charge in [0.05, 0.1) is 11.3 Å². The molecule has 2 aliphatic heterocycles. The predicted molar refractivity (Wildman–Crippen MR) is 159 cm³/mol. The number of carboxylic acid groups (broad SMARTS) is 1. The zero-order valence-electron chi connectivity index (χ0n) is 23.2. The maximum atomic E-state index is 13.5. The number of aryl methyl sites for hydroxylation is 2. The summed E-state index contributed by atoms with van der Waals surface area (Å²) in [6, 6.07) is 20.8. The number of hydrogen-bond donors (Lipinski definition) is 2. The van der Waals surface area contributed by atoms with Gasteiger partial charge in [-0.2, -0.15) is 0 Å². The smallest absolute Gasteiger partial charge is 0.354 e. The quantitative estimate of drug-likeness (QED) is 0.348. The van der Waals surface area contributed by atoms with Crippen molar-refractivity contribution in [3.8, 4) is 5.69 Å². The average Bonchev–Trinajstić information content (AvgIpc) is 3.33. The summed E-state index contributed by atoms with van der Waals surface area (Å²) in [5, 5.41) is 12.4. The van der Waals surface area contributed by atoms with Gasteiger partial charge in [0.15, 0.2) is 17.3 Å². The van der Waals surface area contributed by atoms with E-state index in [2.05, 4.69) is 40.1 Å². The van der Waals surface area contributed by atoms with Gasteiger partial charge in [-0.15, -0.1) is 0 Å².